The van der Waals surface area contributed by atoms with Crippen molar-refractivity contribution in [1.82, 2.24) is 4.90 Å². The first-order chi connectivity index (χ1) is 11.0. The lowest BCUT2D eigenvalue weighted by Gasteiger charge is -2.30. The van der Waals surface area contributed by atoms with E-state index in [9.17, 15) is 0 Å². The molecule has 0 saturated carbocycles. The highest BCUT2D eigenvalue weighted by Crippen LogP contribution is 2.12. The molecule has 24 heavy (non-hydrogen) atoms. The van der Waals surface area contributed by atoms with Crippen LogP contribution in [-0.4, -0.2) is 57.2 Å². The predicted octanol–water partition coefficient (Wildman–Crippen LogP) is 2.72. The zero-order chi connectivity index (χ0) is 17.4. The quantitative estimate of drug-likeness (QED) is 0.284. The molecular weight excluding hydrogens is 316 g/mol. The number of unbranched alkanes of at least 4 members (excludes halogenated alkanes) is 11. The highest BCUT2D eigenvalue weighted by Gasteiger charge is 2.13. The minimum atomic E-state index is 0. The molecule has 0 saturated heterocycles. The first-order valence-electron chi connectivity index (χ1n) is 10.4. The van der Waals surface area contributed by atoms with Crippen molar-refractivity contribution < 1.29 is 16.9 Å². The van der Waals surface area contributed by atoms with Gasteiger partial charge >= 0.3 is 0 Å². The maximum Gasteiger partial charge on any atom is 0.0794 e. The van der Waals surface area contributed by atoms with E-state index >= 15 is 0 Å². The molecule has 0 aliphatic rings. The van der Waals surface area contributed by atoms with Crippen LogP contribution in [-0.2, 0) is 0 Å². The molecule has 0 aromatic rings. The van der Waals surface area contributed by atoms with Gasteiger partial charge in [0.2, 0.25) is 0 Å². The lowest BCUT2D eigenvalue weighted by Crippen LogP contribution is -3.00. The van der Waals surface area contributed by atoms with Gasteiger partial charge in [0.05, 0.1) is 27.2 Å². The lowest BCUT2D eigenvalue weighted by atomic mass is 10.1. The summed E-state index contributed by atoms with van der Waals surface area (Å²) in [6, 6.07) is 0. The molecule has 0 spiro atoms. The zero-order valence-corrected chi connectivity index (χ0v) is 18.3. The van der Waals surface area contributed by atoms with Crippen LogP contribution in [0.1, 0.15) is 90.4 Å². The Morgan fingerprint density at radius 3 is 1.38 bits per heavy atom. The molecule has 0 aromatic carbocycles. The second kappa shape index (κ2) is 18.0. The highest BCUT2D eigenvalue weighted by atomic mass is 35.5. The van der Waals surface area contributed by atoms with E-state index in [0.29, 0.717) is 0 Å². The predicted molar refractivity (Wildman–Crippen MR) is 106 cm³/mol. The molecule has 0 atom stereocenters. The van der Waals surface area contributed by atoms with E-state index in [1.54, 1.807) is 0 Å². The van der Waals surface area contributed by atoms with E-state index in [4.69, 9.17) is 0 Å². The van der Waals surface area contributed by atoms with E-state index in [1.807, 2.05) is 0 Å². The number of hydrogen-bond donors (Lipinski definition) is 0. The molecule has 0 aromatic heterocycles. The van der Waals surface area contributed by atoms with Crippen molar-refractivity contribution in [3.8, 4) is 0 Å². The third-order valence-corrected chi connectivity index (χ3v) is 4.99. The lowest BCUT2D eigenvalue weighted by molar-refractivity contribution is -0.890. The van der Waals surface area contributed by atoms with E-state index in [-0.39, 0.29) is 12.4 Å². The van der Waals surface area contributed by atoms with Gasteiger partial charge in [-0.3, -0.25) is 0 Å². The maximum atomic E-state index is 2.40. The molecule has 0 radical (unpaired) electrons. The Balaban J connectivity index is 0. The largest absolute Gasteiger partial charge is 1.00 e. The second-order valence-electron chi connectivity index (χ2n) is 8.43. The van der Waals surface area contributed by atoms with Crippen molar-refractivity contribution in [3.63, 3.8) is 0 Å². The molecule has 3 heteroatoms. The maximum absolute atomic E-state index is 2.40. The van der Waals surface area contributed by atoms with Gasteiger partial charge in [0.15, 0.2) is 0 Å². The summed E-state index contributed by atoms with van der Waals surface area (Å²) in [6.07, 6.45) is 18.7. The number of hydrogen-bond acceptors (Lipinski definition) is 1. The Hall–Kier alpha value is 0.210. The summed E-state index contributed by atoms with van der Waals surface area (Å²) in [7, 11) is 9.14. The Bertz CT molecular complexity index is 242. The molecule has 2 nitrogen and oxygen atoms in total. The first-order valence-corrected chi connectivity index (χ1v) is 10.4. The molecule has 0 N–H and O–H groups in total. The van der Waals surface area contributed by atoms with Gasteiger partial charge in [-0.25, -0.2) is 0 Å². The molecule has 0 aliphatic heterocycles. The van der Waals surface area contributed by atoms with Gasteiger partial charge in [-0.05, 0) is 26.9 Å². The average molecular weight is 363 g/mol. The fraction of sp³-hybridized carbons (Fsp3) is 1.00. The summed E-state index contributed by atoms with van der Waals surface area (Å²) in [5.41, 5.74) is 0. The molecule has 0 fully saturated rings. The topological polar surface area (TPSA) is 3.24 Å². The summed E-state index contributed by atoms with van der Waals surface area (Å²) >= 11 is 0. The van der Waals surface area contributed by atoms with Gasteiger partial charge in [-0.15, -0.1) is 0 Å². The van der Waals surface area contributed by atoms with E-state index in [2.05, 4.69) is 40.0 Å². The molecule has 0 aliphatic carbocycles. The Labute approximate surface area is 160 Å². The molecule has 0 bridgehead atoms. The minimum Gasteiger partial charge on any atom is -1.00 e. The monoisotopic (exact) mass is 362 g/mol. The molecule has 0 amide bonds. The zero-order valence-electron chi connectivity index (χ0n) is 17.6. The molecule has 0 rings (SSSR count). The van der Waals surface area contributed by atoms with E-state index in [0.717, 1.165) is 0 Å². The number of quaternary nitrogens is 1. The molecule has 148 valence electrons. The van der Waals surface area contributed by atoms with Crippen LogP contribution >= 0.6 is 0 Å². The standard InChI is InChI=1S/C21H47N2.ClH/c1-6-7-8-9-10-11-12-13-14-15-16-17-20-23(4,5)21-18-19-22(2)3;/h6-21H2,1-5H3;1H/q+1;/p-1. The number of nitrogens with zero attached hydrogens (tertiary/aromatic N) is 2. The van der Waals surface area contributed by atoms with Crippen LogP contribution in [0.25, 0.3) is 0 Å². The highest BCUT2D eigenvalue weighted by molar-refractivity contribution is 4.49. The van der Waals surface area contributed by atoms with Crippen LogP contribution in [0.15, 0.2) is 0 Å². The molecule has 0 unspecified atom stereocenters. The van der Waals surface area contributed by atoms with Crippen molar-refractivity contribution in [3.05, 3.63) is 0 Å². The van der Waals surface area contributed by atoms with Gasteiger partial charge in [0, 0.05) is 13.0 Å². The summed E-state index contributed by atoms with van der Waals surface area (Å²) in [6.45, 7) is 6.19. The van der Waals surface area contributed by atoms with Crippen molar-refractivity contribution >= 4 is 0 Å². The van der Waals surface area contributed by atoms with E-state index in [1.165, 1.54) is 108 Å². The second-order valence-corrected chi connectivity index (χ2v) is 8.43. The third kappa shape index (κ3) is 20.3. The summed E-state index contributed by atoms with van der Waals surface area (Å²) < 4.78 is 1.20. The van der Waals surface area contributed by atoms with Gasteiger partial charge in [-0.1, -0.05) is 71.1 Å². The van der Waals surface area contributed by atoms with Crippen molar-refractivity contribution in [2.45, 2.75) is 90.4 Å². The van der Waals surface area contributed by atoms with Gasteiger partial charge < -0.3 is 21.8 Å². The van der Waals surface area contributed by atoms with Crippen molar-refractivity contribution in [2.24, 2.45) is 0 Å². The van der Waals surface area contributed by atoms with Crippen molar-refractivity contribution in [2.75, 3.05) is 47.8 Å². The van der Waals surface area contributed by atoms with Crippen LogP contribution in [0.3, 0.4) is 0 Å². The Morgan fingerprint density at radius 1 is 0.583 bits per heavy atom. The van der Waals surface area contributed by atoms with Crippen LogP contribution < -0.4 is 12.4 Å². The van der Waals surface area contributed by atoms with E-state index < -0.39 is 0 Å². The van der Waals surface area contributed by atoms with Gasteiger partial charge in [0.25, 0.3) is 0 Å². The Morgan fingerprint density at radius 2 is 0.958 bits per heavy atom. The van der Waals surface area contributed by atoms with Crippen LogP contribution in [0.4, 0.5) is 0 Å². The molecular formula is C21H47ClN2. The van der Waals surface area contributed by atoms with Crippen LogP contribution in [0.5, 0.6) is 0 Å². The fourth-order valence-electron chi connectivity index (χ4n) is 3.31. The summed E-state index contributed by atoms with van der Waals surface area (Å²) in [5, 5.41) is 0. The smallest absolute Gasteiger partial charge is 0.0794 e. The summed E-state index contributed by atoms with van der Waals surface area (Å²) in [4.78, 5) is 2.30. The van der Waals surface area contributed by atoms with Gasteiger partial charge in [0.1, 0.15) is 0 Å². The normalized spacial score (nSPS) is 11.8. The summed E-state index contributed by atoms with van der Waals surface area (Å²) in [5.74, 6) is 0. The van der Waals surface area contributed by atoms with Crippen LogP contribution in [0, 0.1) is 0 Å². The third-order valence-electron chi connectivity index (χ3n) is 4.99. The molecule has 0 heterocycles. The van der Waals surface area contributed by atoms with Crippen molar-refractivity contribution in [1.29, 1.82) is 0 Å². The fourth-order valence-corrected chi connectivity index (χ4v) is 3.31. The number of halogens is 1. The van der Waals surface area contributed by atoms with Crippen LogP contribution in [0.2, 0.25) is 0 Å². The minimum absolute atomic E-state index is 0. The number of rotatable bonds is 17. The average Bonchev–Trinajstić information content (AvgIpc) is 2.47. The van der Waals surface area contributed by atoms with Gasteiger partial charge in [-0.2, -0.15) is 0 Å². The first kappa shape index (κ1) is 26.4. The SMILES string of the molecule is CCCCCCCCCCCCCC[N+](C)(C)CCCN(C)C.[Cl-]. The Kier molecular flexibility index (Phi) is 19.8.